The first-order valence-corrected chi connectivity index (χ1v) is 9.12. The summed E-state index contributed by atoms with van der Waals surface area (Å²) in [6.07, 6.45) is 5.98. The highest BCUT2D eigenvalue weighted by Crippen LogP contribution is 2.26. The van der Waals surface area contributed by atoms with Crippen LogP contribution >= 0.6 is 0 Å². The number of aliphatic hydroxyl groups excluding tert-OH is 1. The Kier molecular flexibility index (Phi) is 6.10. The van der Waals surface area contributed by atoms with Gasteiger partial charge in [-0.1, -0.05) is 30.3 Å². The molecule has 5 nitrogen and oxygen atoms in total. The van der Waals surface area contributed by atoms with Crippen molar-refractivity contribution in [2.45, 2.75) is 63.3 Å². The number of nitrogens with zero attached hydrogens (tertiary/aromatic N) is 1. The third-order valence-electron chi connectivity index (χ3n) is 4.92. The SMILES string of the molecule is O=C(OCc1ccccc1)N1CCCCC1C(CCO)NC1CC1. The number of aliphatic hydroxyl groups is 1. The lowest BCUT2D eigenvalue weighted by atomic mass is 9.94. The summed E-state index contributed by atoms with van der Waals surface area (Å²) in [5.41, 5.74) is 1.00. The van der Waals surface area contributed by atoms with Crippen LogP contribution in [0, 0.1) is 0 Å². The van der Waals surface area contributed by atoms with Crippen molar-refractivity contribution in [3.05, 3.63) is 35.9 Å². The summed E-state index contributed by atoms with van der Waals surface area (Å²) in [6, 6.07) is 10.6. The molecule has 2 fully saturated rings. The molecule has 0 aromatic heterocycles. The Morgan fingerprint density at radius 1 is 1.25 bits per heavy atom. The van der Waals surface area contributed by atoms with Gasteiger partial charge in [0, 0.05) is 25.2 Å². The Labute approximate surface area is 144 Å². The van der Waals surface area contributed by atoms with Gasteiger partial charge in [0.15, 0.2) is 0 Å². The van der Waals surface area contributed by atoms with Crippen LogP contribution in [0.15, 0.2) is 30.3 Å². The first kappa shape index (κ1) is 17.2. The molecular weight excluding hydrogens is 304 g/mol. The largest absolute Gasteiger partial charge is 0.445 e. The lowest BCUT2D eigenvalue weighted by molar-refractivity contribution is 0.0536. The third-order valence-corrected chi connectivity index (χ3v) is 4.92. The molecule has 2 aliphatic rings. The predicted octanol–water partition coefficient (Wildman–Crippen LogP) is 2.68. The van der Waals surface area contributed by atoms with E-state index < -0.39 is 0 Å². The van der Waals surface area contributed by atoms with E-state index in [-0.39, 0.29) is 24.8 Å². The molecule has 0 radical (unpaired) electrons. The molecule has 1 saturated heterocycles. The fourth-order valence-electron chi connectivity index (χ4n) is 3.48. The molecule has 1 amide bonds. The maximum atomic E-state index is 12.6. The quantitative estimate of drug-likeness (QED) is 0.806. The van der Waals surface area contributed by atoms with Crippen LogP contribution in [-0.4, -0.2) is 47.4 Å². The molecule has 132 valence electrons. The van der Waals surface area contributed by atoms with E-state index in [0.717, 1.165) is 31.4 Å². The maximum Gasteiger partial charge on any atom is 0.410 e. The molecule has 3 rings (SSSR count). The molecule has 24 heavy (non-hydrogen) atoms. The molecule has 0 bridgehead atoms. The van der Waals surface area contributed by atoms with Crippen molar-refractivity contribution in [1.29, 1.82) is 0 Å². The fraction of sp³-hybridized carbons (Fsp3) is 0.632. The van der Waals surface area contributed by atoms with Crippen LogP contribution in [0.25, 0.3) is 0 Å². The number of rotatable bonds is 7. The Bertz CT molecular complexity index is 519. The summed E-state index contributed by atoms with van der Waals surface area (Å²) >= 11 is 0. The molecule has 1 aromatic carbocycles. The van der Waals surface area contributed by atoms with Crippen LogP contribution < -0.4 is 5.32 Å². The lowest BCUT2D eigenvalue weighted by Crippen LogP contribution is -2.55. The van der Waals surface area contributed by atoms with Gasteiger partial charge >= 0.3 is 6.09 Å². The summed E-state index contributed by atoms with van der Waals surface area (Å²) in [5, 5.41) is 13.0. The first-order chi connectivity index (χ1) is 11.8. The van der Waals surface area contributed by atoms with Gasteiger partial charge in [-0.05, 0) is 44.1 Å². The first-order valence-electron chi connectivity index (χ1n) is 9.12. The van der Waals surface area contributed by atoms with Crippen LogP contribution in [-0.2, 0) is 11.3 Å². The molecule has 1 aromatic rings. The van der Waals surface area contributed by atoms with E-state index in [2.05, 4.69) is 5.32 Å². The Morgan fingerprint density at radius 2 is 2.04 bits per heavy atom. The van der Waals surface area contributed by atoms with Crippen molar-refractivity contribution in [2.24, 2.45) is 0 Å². The van der Waals surface area contributed by atoms with E-state index in [9.17, 15) is 9.90 Å². The van der Waals surface area contributed by atoms with Gasteiger partial charge in [-0.2, -0.15) is 0 Å². The normalized spacial score (nSPS) is 22.2. The van der Waals surface area contributed by atoms with Crippen LogP contribution in [0.3, 0.4) is 0 Å². The highest BCUT2D eigenvalue weighted by atomic mass is 16.6. The number of piperidine rings is 1. The zero-order valence-electron chi connectivity index (χ0n) is 14.2. The minimum atomic E-state index is -0.232. The number of benzene rings is 1. The molecule has 1 aliphatic heterocycles. The van der Waals surface area contributed by atoms with Crippen molar-refractivity contribution < 1.29 is 14.6 Å². The molecule has 2 atom stereocenters. The van der Waals surface area contributed by atoms with E-state index >= 15 is 0 Å². The summed E-state index contributed by atoms with van der Waals surface area (Å²) in [7, 11) is 0. The summed E-state index contributed by atoms with van der Waals surface area (Å²) in [4.78, 5) is 14.5. The zero-order valence-corrected chi connectivity index (χ0v) is 14.2. The average Bonchev–Trinajstić information content (AvgIpc) is 3.44. The number of nitrogens with one attached hydrogen (secondary N) is 1. The summed E-state index contributed by atoms with van der Waals surface area (Å²) in [6.45, 7) is 1.20. The molecule has 1 heterocycles. The second-order valence-electron chi connectivity index (χ2n) is 6.86. The van der Waals surface area contributed by atoms with Crippen LogP contribution in [0.5, 0.6) is 0 Å². The van der Waals surface area contributed by atoms with Crippen molar-refractivity contribution in [3.8, 4) is 0 Å². The standard InChI is InChI=1S/C19H28N2O3/c22-13-11-17(20-16-9-10-16)18-8-4-5-12-21(18)19(23)24-14-15-6-2-1-3-7-15/h1-3,6-7,16-18,20,22H,4-5,8-14H2. The lowest BCUT2D eigenvalue weighted by Gasteiger charge is -2.40. The number of carbonyl (C=O) groups is 1. The fourth-order valence-corrected chi connectivity index (χ4v) is 3.48. The van der Waals surface area contributed by atoms with E-state index in [1.165, 1.54) is 12.8 Å². The maximum absolute atomic E-state index is 12.6. The molecule has 1 aliphatic carbocycles. The molecule has 1 saturated carbocycles. The monoisotopic (exact) mass is 332 g/mol. The summed E-state index contributed by atoms with van der Waals surface area (Å²) in [5.74, 6) is 0. The van der Waals surface area contributed by atoms with Gasteiger partial charge in [0.25, 0.3) is 0 Å². The molecule has 2 N–H and O–H groups in total. The highest BCUT2D eigenvalue weighted by Gasteiger charge is 2.36. The van der Waals surface area contributed by atoms with Gasteiger partial charge in [-0.3, -0.25) is 0 Å². The van der Waals surface area contributed by atoms with Crippen LogP contribution in [0.1, 0.15) is 44.1 Å². The van der Waals surface area contributed by atoms with Gasteiger partial charge in [0.1, 0.15) is 6.61 Å². The van der Waals surface area contributed by atoms with Gasteiger partial charge in [0.05, 0.1) is 6.04 Å². The Balaban J connectivity index is 1.60. The molecule has 2 unspecified atom stereocenters. The second kappa shape index (κ2) is 8.49. The predicted molar refractivity (Wildman–Crippen MR) is 92.6 cm³/mol. The Hall–Kier alpha value is -1.59. The van der Waals surface area contributed by atoms with Crippen LogP contribution in [0.2, 0.25) is 0 Å². The van der Waals surface area contributed by atoms with Crippen molar-refractivity contribution >= 4 is 6.09 Å². The van der Waals surface area contributed by atoms with E-state index in [0.29, 0.717) is 19.1 Å². The van der Waals surface area contributed by atoms with Gasteiger partial charge in [-0.15, -0.1) is 0 Å². The number of carbonyl (C=O) groups excluding carboxylic acids is 1. The highest BCUT2D eigenvalue weighted by molar-refractivity contribution is 5.68. The summed E-state index contributed by atoms with van der Waals surface area (Å²) < 4.78 is 5.54. The topological polar surface area (TPSA) is 61.8 Å². The second-order valence-corrected chi connectivity index (χ2v) is 6.86. The van der Waals surface area contributed by atoms with Crippen LogP contribution in [0.4, 0.5) is 4.79 Å². The third kappa shape index (κ3) is 4.71. The van der Waals surface area contributed by atoms with Gasteiger partial charge < -0.3 is 20.1 Å². The zero-order chi connectivity index (χ0) is 16.8. The van der Waals surface area contributed by atoms with Gasteiger partial charge in [-0.25, -0.2) is 4.79 Å². The van der Waals surface area contributed by atoms with Crippen molar-refractivity contribution in [2.75, 3.05) is 13.2 Å². The average molecular weight is 332 g/mol. The van der Waals surface area contributed by atoms with E-state index in [1.807, 2.05) is 35.2 Å². The van der Waals surface area contributed by atoms with Gasteiger partial charge in [0.2, 0.25) is 0 Å². The van der Waals surface area contributed by atoms with E-state index in [4.69, 9.17) is 4.74 Å². The molecule has 5 heteroatoms. The number of likely N-dealkylation sites (tertiary alicyclic amines) is 1. The van der Waals surface area contributed by atoms with E-state index in [1.54, 1.807) is 0 Å². The minimum Gasteiger partial charge on any atom is -0.445 e. The smallest absolute Gasteiger partial charge is 0.410 e. The number of hydrogen-bond donors (Lipinski definition) is 2. The van der Waals surface area contributed by atoms with Crippen molar-refractivity contribution in [1.82, 2.24) is 10.2 Å². The molecular formula is C19H28N2O3. The minimum absolute atomic E-state index is 0.120. The molecule has 0 spiro atoms. The number of hydrogen-bond acceptors (Lipinski definition) is 4. The number of ether oxygens (including phenoxy) is 1. The Morgan fingerprint density at radius 3 is 2.75 bits per heavy atom. The number of amides is 1. The van der Waals surface area contributed by atoms with Crippen molar-refractivity contribution in [3.63, 3.8) is 0 Å².